The Bertz CT molecular complexity index is 788. The molecule has 1 aromatic heterocycles. The van der Waals surface area contributed by atoms with E-state index in [1.807, 2.05) is 13.8 Å². The molecule has 0 unspecified atom stereocenters. The van der Waals surface area contributed by atoms with Crippen molar-refractivity contribution in [3.63, 3.8) is 0 Å². The minimum Gasteiger partial charge on any atom is -0.369 e. The minimum atomic E-state index is -0.590. The smallest absolute Gasteiger partial charge is 0.270 e. The van der Waals surface area contributed by atoms with Crippen LogP contribution in [0.5, 0.6) is 0 Å². The number of benzene rings is 1. The number of fused-ring (bicyclic) bond motifs is 1. The van der Waals surface area contributed by atoms with Gasteiger partial charge in [-0.3, -0.25) is 4.79 Å². The largest absolute Gasteiger partial charge is 0.369 e. The molecule has 132 valence electrons. The summed E-state index contributed by atoms with van der Waals surface area (Å²) in [4.78, 5) is 21.0. The fourth-order valence-corrected chi connectivity index (χ4v) is 2.80. The third kappa shape index (κ3) is 3.92. The van der Waals surface area contributed by atoms with Crippen molar-refractivity contribution < 1.29 is 13.6 Å². The maximum atomic E-state index is 13.3. The van der Waals surface area contributed by atoms with E-state index in [-0.39, 0.29) is 11.8 Å². The molecule has 0 atom stereocenters. The molecule has 0 fully saturated rings. The lowest BCUT2D eigenvalue weighted by atomic mass is 10.0. The molecule has 0 saturated heterocycles. The van der Waals surface area contributed by atoms with Crippen LogP contribution in [0.4, 0.5) is 14.6 Å². The van der Waals surface area contributed by atoms with E-state index >= 15 is 0 Å². The van der Waals surface area contributed by atoms with Crippen molar-refractivity contribution in [2.45, 2.75) is 32.6 Å². The standard InChI is InChI=1S/C18H20F2N4O/c1-10(2)16-23-15-14(4-6-22-18(15)25)17(24-16)21-5-3-11-7-12(19)9-13(20)8-11/h7-10H,3-6H2,1-2H3,(H,22,25)(H,21,23,24). The molecule has 25 heavy (non-hydrogen) atoms. The highest BCUT2D eigenvalue weighted by molar-refractivity contribution is 5.96. The predicted octanol–water partition coefficient (Wildman–Crippen LogP) is 2.82. The van der Waals surface area contributed by atoms with E-state index in [2.05, 4.69) is 20.6 Å². The van der Waals surface area contributed by atoms with E-state index in [0.29, 0.717) is 48.8 Å². The van der Waals surface area contributed by atoms with Gasteiger partial charge in [-0.25, -0.2) is 18.7 Å². The van der Waals surface area contributed by atoms with Crippen LogP contribution in [0.25, 0.3) is 0 Å². The number of amides is 1. The van der Waals surface area contributed by atoms with Crippen molar-refractivity contribution in [2.24, 2.45) is 0 Å². The number of aromatic nitrogens is 2. The molecule has 0 spiro atoms. The van der Waals surface area contributed by atoms with Crippen molar-refractivity contribution in [1.82, 2.24) is 15.3 Å². The number of carbonyl (C=O) groups is 1. The van der Waals surface area contributed by atoms with E-state index in [4.69, 9.17) is 0 Å². The van der Waals surface area contributed by atoms with Gasteiger partial charge in [0.1, 0.15) is 29.0 Å². The average molecular weight is 346 g/mol. The second-order valence-corrected chi connectivity index (χ2v) is 6.37. The van der Waals surface area contributed by atoms with Crippen molar-refractivity contribution in [1.29, 1.82) is 0 Å². The Hall–Kier alpha value is -2.57. The first-order chi connectivity index (χ1) is 11.9. The zero-order chi connectivity index (χ0) is 18.0. The SMILES string of the molecule is CC(C)c1nc(NCCc2cc(F)cc(F)c2)c2c(n1)C(=O)NCC2. The van der Waals surface area contributed by atoms with Gasteiger partial charge in [-0.2, -0.15) is 0 Å². The first-order valence-corrected chi connectivity index (χ1v) is 8.32. The summed E-state index contributed by atoms with van der Waals surface area (Å²) in [7, 11) is 0. The molecule has 0 saturated carbocycles. The van der Waals surface area contributed by atoms with Crippen LogP contribution in [0.2, 0.25) is 0 Å². The molecule has 0 radical (unpaired) electrons. The van der Waals surface area contributed by atoms with Gasteiger partial charge in [0.15, 0.2) is 0 Å². The molecule has 0 aliphatic carbocycles. The number of carbonyl (C=O) groups excluding carboxylic acids is 1. The topological polar surface area (TPSA) is 66.9 Å². The molecule has 3 rings (SSSR count). The summed E-state index contributed by atoms with van der Waals surface area (Å²) in [6.07, 6.45) is 1.09. The number of nitrogens with zero attached hydrogens (tertiary/aromatic N) is 2. The molecular formula is C18H20F2N4O. The Morgan fingerprint density at radius 1 is 1.20 bits per heavy atom. The van der Waals surface area contributed by atoms with E-state index in [1.54, 1.807) is 0 Å². The summed E-state index contributed by atoms with van der Waals surface area (Å²) >= 11 is 0. The summed E-state index contributed by atoms with van der Waals surface area (Å²) in [6.45, 7) is 4.91. The molecule has 2 aromatic rings. The molecule has 7 heteroatoms. The highest BCUT2D eigenvalue weighted by Crippen LogP contribution is 2.23. The average Bonchev–Trinajstić information content (AvgIpc) is 2.54. The van der Waals surface area contributed by atoms with Crippen LogP contribution in [-0.4, -0.2) is 29.0 Å². The van der Waals surface area contributed by atoms with Gasteiger partial charge in [-0.15, -0.1) is 0 Å². The first kappa shape index (κ1) is 17.3. The Morgan fingerprint density at radius 2 is 1.92 bits per heavy atom. The minimum absolute atomic E-state index is 0.0814. The molecule has 5 nitrogen and oxygen atoms in total. The Kier molecular flexibility index (Phi) is 4.92. The second kappa shape index (κ2) is 7.13. The van der Waals surface area contributed by atoms with Crippen LogP contribution >= 0.6 is 0 Å². The highest BCUT2D eigenvalue weighted by atomic mass is 19.1. The van der Waals surface area contributed by atoms with Crippen LogP contribution in [0.1, 0.15) is 47.2 Å². The maximum Gasteiger partial charge on any atom is 0.270 e. The molecule has 1 amide bonds. The first-order valence-electron chi connectivity index (χ1n) is 8.32. The summed E-state index contributed by atoms with van der Waals surface area (Å²) in [5, 5.41) is 5.99. The van der Waals surface area contributed by atoms with E-state index in [0.717, 1.165) is 11.6 Å². The Labute approximate surface area is 144 Å². The van der Waals surface area contributed by atoms with E-state index in [9.17, 15) is 13.6 Å². The molecule has 2 N–H and O–H groups in total. The van der Waals surface area contributed by atoms with Gasteiger partial charge in [-0.1, -0.05) is 13.8 Å². The highest BCUT2D eigenvalue weighted by Gasteiger charge is 2.24. The van der Waals surface area contributed by atoms with Crippen LogP contribution in [-0.2, 0) is 12.8 Å². The van der Waals surface area contributed by atoms with Gasteiger partial charge >= 0.3 is 0 Å². The molecule has 2 heterocycles. The number of nitrogens with one attached hydrogen (secondary N) is 2. The molecule has 1 aliphatic rings. The second-order valence-electron chi connectivity index (χ2n) is 6.37. The molecule has 1 aliphatic heterocycles. The number of hydrogen-bond acceptors (Lipinski definition) is 4. The third-order valence-corrected chi connectivity index (χ3v) is 4.04. The summed E-state index contributed by atoms with van der Waals surface area (Å²) in [5.74, 6) is -0.0735. The van der Waals surface area contributed by atoms with Gasteiger partial charge in [0.25, 0.3) is 5.91 Å². The van der Waals surface area contributed by atoms with Crippen molar-refractivity contribution in [3.8, 4) is 0 Å². The van der Waals surface area contributed by atoms with Crippen LogP contribution in [0.15, 0.2) is 18.2 Å². The normalized spacial score (nSPS) is 13.6. The van der Waals surface area contributed by atoms with Crippen LogP contribution in [0, 0.1) is 11.6 Å². The van der Waals surface area contributed by atoms with E-state index < -0.39 is 11.6 Å². The van der Waals surface area contributed by atoms with Gasteiger partial charge in [0.2, 0.25) is 0 Å². The fraction of sp³-hybridized carbons (Fsp3) is 0.389. The fourth-order valence-electron chi connectivity index (χ4n) is 2.80. The summed E-state index contributed by atoms with van der Waals surface area (Å²) in [6, 6.07) is 3.48. The van der Waals surface area contributed by atoms with Crippen molar-refractivity contribution >= 4 is 11.7 Å². The van der Waals surface area contributed by atoms with Crippen molar-refractivity contribution in [2.75, 3.05) is 18.4 Å². The Balaban J connectivity index is 1.80. The van der Waals surface area contributed by atoms with Gasteiger partial charge < -0.3 is 10.6 Å². The van der Waals surface area contributed by atoms with Gasteiger partial charge in [0.05, 0.1) is 0 Å². The van der Waals surface area contributed by atoms with Gasteiger partial charge in [0, 0.05) is 30.6 Å². The predicted molar refractivity (Wildman–Crippen MR) is 90.7 cm³/mol. The number of halogens is 2. The zero-order valence-electron chi connectivity index (χ0n) is 14.2. The molecule has 0 bridgehead atoms. The lowest BCUT2D eigenvalue weighted by Gasteiger charge is -2.21. The number of anilines is 1. The summed E-state index contributed by atoms with van der Waals surface area (Å²) < 4.78 is 26.5. The van der Waals surface area contributed by atoms with Gasteiger partial charge in [-0.05, 0) is 30.5 Å². The zero-order valence-corrected chi connectivity index (χ0v) is 14.2. The molecule has 1 aromatic carbocycles. The monoisotopic (exact) mass is 346 g/mol. The lowest BCUT2D eigenvalue weighted by molar-refractivity contribution is 0.0940. The maximum absolute atomic E-state index is 13.3. The summed E-state index contributed by atoms with van der Waals surface area (Å²) in [5.41, 5.74) is 1.76. The van der Waals surface area contributed by atoms with Crippen LogP contribution in [0.3, 0.4) is 0 Å². The molecular weight excluding hydrogens is 326 g/mol. The van der Waals surface area contributed by atoms with Crippen LogP contribution < -0.4 is 10.6 Å². The Morgan fingerprint density at radius 3 is 2.60 bits per heavy atom. The lowest BCUT2D eigenvalue weighted by Crippen LogP contribution is -2.34. The van der Waals surface area contributed by atoms with Crippen molar-refractivity contribution in [3.05, 3.63) is 52.5 Å². The quantitative estimate of drug-likeness (QED) is 0.874. The number of rotatable bonds is 5. The third-order valence-electron chi connectivity index (χ3n) is 4.04. The number of hydrogen-bond donors (Lipinski definition) is 2. The van der Waals surface area contributed by atoms with E-state index in [1.165, 1.54) is 12.1 Å².